The number of hydrogen-bond donors (Lipinski definition) is 1. The highest BCUT2D eigenvalue weighted by atomic mass is 79.9. The Balaban J connectivity index is 2.08. The molecule has 110 valence electrons. The molecule has 0 radical (unpaired) electrons. The van der Waals surface area contributed by atoms with Crippen LogP contribution in [0.1, 0.15) is 44.2 Å². The minimum atomic E-state index is 0.509. The number of aromatic nitrogens is 4. The average molecular weight is 348 g/mol. The molecule has 1 saturated carbocycles. The van der Waals surface area contributed by atoms with E-state index in [0.29, 0.717) is 17.4 Å². The largest absolute Gasteiger partial charge is 0.369 e. The summed E-state index contributed by atoms with van der Waals surface area (Å²) in [5.41, 5.74) is 1.81. The van der Waals surface area contributed by atoms with Crippen LogP contribution in [0.15, 0.2) is 23.1 Å². The summed E-state index contributed by atoms with van der Waals surface area (Å²) in [6, 6.07) is 0. The van der Waals surface area contributed by atoms with Crippen molar-refractivity contribution in [3.8, 4) is 11.5 Å². The van der Waals surface area contributed by atoms with Crippen LogP contribution in [0.3, 0.4) is 0 Å². The summed E-state index contributed by atoms with van der Waals surface area (Å²) in [7, 11) is 0. The Labute approximate surface area is 132 Å². The number of nitrogens with zero attached hydrogens (tertiary/aromatic N) is 4. The molecule has 0 aliphatic heterocycles. The van der Waals surface area contributed by atoms with Crippen molar-refractivity contribution in [1.29, 1.82) is 0 Å². The summed E-state index contributed by atoms with van der Waals surface area (Å²) in [6.45, 7) is 2.88. The second-order valence-electron chi connectivity index (χ2n) is 5.20. The maximum absolute atomic E-state index is 4.77. The van der Waals surface area contributed by atoms with Crippen molar-refractivity contribution in [1.82, 2.24) is 19.9 Å². The molecule has 2 aromatic heterocycles. The van der Waals surface area contributed by atoms with Crippen LogP contribution in [0.25, 0.3) is 11.5 Å². The standard InChI is InChI=1S/C15H18BrN5/c1-2-18-15-12(16)13(10-5-3-4-6-10)20-14(21-15)11-9-17-7-8-19-11/h7-10H,2-6H2,1H3,(H,18,20,21). The van der Waals surface area contributed by atoms with E-state index in [9.17, 15) is 0 Å². The molecule has 0 bridgehead atoms. The molecule has 1 fully saturated rings. The normalized spacial score (nSPS) is 15.3. The van der Waals surface area contributed by atoms with Gasteiger partial charge in [0.25, 0.3) is 0 Å². The highest BCUT2D eigenvalue weighted by Gasteiger charge is 2.24. The van der Waals surface area contributed by atoms with Crippen LogP contribution >= 0.6 is 15.9 Å². The van der Waals surface area contributed by atoms with Crippen LogP contribution in [0.5, 0.6) is 0 Å². The van der Waals surface area contributed by atoms with Gasteiger partial charge in [0.05, 0.1) is 16.4 Å². The number of nitrogens with one attached hydrogen (secondary N) is 1. The number of anilines is 1. The molecule has 0 aromatic carbocycles. The zero-order valence-electron chi connectivity index (χ0n) is 12.0. The van der Waals surface area contributed by atoms with E-state index >= 15 is 0 Å². The molecule has 2 heterocycles. The molecule has 0 spiro atoms. The Morgan fingerprint density at radius 1 is 1.24 bits per heavy atom. The lowest BCUT2D eigenvalue weighted by molar-refractivity contribution is 0.690. The predicted molar refractivity (Wildman–Crippen MR) is 86.1 cm³/mol. The molecule has 0 unspecified atom stereocenters. The number of halogens is 1. The van der Waals surface area contributed by atoms with Gasteiger partial charge in [-0.15, -0.1) is 0 Å². The third kappa shape index (κ3) is 3.05. The fourth-order valence-electron chi connectivity index (χ4n) is 2.75. The van der Waals surface area contributed by atoms with Crippen LogP contribution in [0.2, 0.25) is 0 Å². The first-order valence-electron chi connectivity index (χ1n) is 7.37. The number of rotatable bonds is 4. The predicted octanol–water partition coefficient (Wildman–Crippen LogP) is 3.79. The Bertz CT molecular complexity index is 611. The van der Waals surface area contributed by atoms with Gasteiger partial charge >= 0.3 is 0 Å². The fourth-order valence-corrected chi connectivity index (χ4v) is 3.39. The zero-order valence-corrected chi connectivity index (χ0v) is 13.6. The van der Waals surface area contributed by atoms with Gasteiger partial charge in [-0.2, -0.15) is 0 Å². The van der Waals surface area contributed by atoms with Crippen LogP contribution in [-0.4, -0.2) is 26.5 Å². The highest BCUT2D eigenvalue weighted by Crippen LogP contribution is 2.39. The van der Waals surface area contributed by atoms with Crippen LogP contribution in [0.4, 0.5) is 5.82 Å². The minimum Gasteiger partial charge on any atom is -0.369 e. The van der Waals surface area contributed by atoms with Crippen molar-refractivity contribution >= 4 is 21.7 Å². The third-order valence-electron chi connectivity index (χ3n) is 3.76. The summed E-state index contributed by atoms with van der Waals surface area (Å²) < 4.78 is 0.990. The Morgan fingerprint density at radius 3 is 2.71 bits per heavy atom. The van der Waals surface area contributed by atoms with E-state index in [-0.39, 0.29) is 0 Å². The maximum atomic E-state index is 4.77. The van der Waals surface area contributed by atoms with Crippen molar-refractivity contribution in [2.75, 3.05) is 11.9 Å². The SMILES string of the molecule is CCNc1nc(-c2cnccn2)nc(C2CCCC2)c1Br. The topological polar surface area (TPSA) is 63.6 Å². The molecule has 0 amide bonds. The Hall–Kier alpha value is -1.56. The van der Waals surface area contributed by atoms with Gasteiger partial charge in [-0.25, -0.2) is 15.0 Å². The molecule has 1 N–H and O–H groups in total. The minimum absolute atomic E-state index is 0.509. The lowest BCUT2D eigenvalue weighted by Crippen LogP contribution is -2.08. The lowest BCUT2D eigenvalue weighted by Gasteiger charge is -2.15. The van der Waals surface area contributed by atoms with Crippen LogP contribution in [-0.2, 0) is 0 Å². The summed E-state index contributed by atoms with van der Waals surface area (Å²) in [5, 5.41) is 3.30. The van der Waals surface area contributed by atoms with E-state index in [4.69, 9.17) is 4.98 Å². The van der Waals surface area contributed by atoms with Crippen molar-refractivity contribution in [2.45, 2.75) is 38.5 Å². The van der Waals surface area contributed by atoms with Gasteiger partial charge in [-0.05, 0) is 35.7 Å². The van der Waals surface area contributed by atoms with Gasteiger partial charge in [0.15, 0.2) is 5.82 Å². The maximum Gasteiger partial charge on any atom is 0.182 e. The summed E-state index contributed by atoms with van der Waals surface area (Å²) in [4.78, 5) is 17.8. The van der Waals surface area contributed by atoms with Gasteiger partial charge in [0.2, 0.25) is 0 Å². The van der Waals surface area contributed by atoms with E-state index in [1.807, 2.05) is 0 Å². The molecule has 6 heteroatoms. The average Bonchev–Trinajstić information content (AvgIpc) is 3.04. The van der Waals surface area contributed by atoms with E-state index in [1.165, 1.54) is 25.7 Å². The molecule has 5 nitrogen and oxygen atoms in total. The molecule has 1 aliphatic rings. The zero-order chi connectivity index (χ0) is 14.7. The Kier molecular flexibility index (Phi) is 4.43. The van der Waals surface area contributed by atoms with Gasteiger partial charge in [0, 0.05) is 24.9 Å². The summed E-state index contributed by atoms with van der Waals surface area (Å²) >= 11 is 3.68. The quantitative estimate of drug-likeness (QED) is 0.911. The van der Waals surface area contributed by atoms with Crippen molar-refractivity contribution in [2.24, 2.45) is 0 Å². The second-order valence-corrected chi connectivity index (χ2v) is 5.99. The molecule has 2 aromatic rings. The lowest BCUT2D eigenvalue weighted by atomic mass is 10.0. The molecule has 0 atom stereocenters. The van der Waals surface area contributed by atoms with E-state index in [0.717, 1.165) is 22.5 Å². The van der Waals surface area contributed by atoms with E-state index < -0.39 is 0 Å². The van der Waals surface area contributed by atoms with Crippen LogP contribution < -0.4 is 5.32 Å². The van der Waals surface area contributed by atoms with Crippen molar-refractivity contribution in [3.05, 3.63) is 28.8 Å². The number of hydrogen-bond acceptors (Lipinski definition) is 5. The van der Waals surface area contributed by atoms with Gasteiger partial charge in [-0.1, -0.05) is 12.8 Å². The van der Waals surface area contributed by atoms with Gasteiger partial charge in [-0.3, -0.25) is 4.98 Å². The van der Waals surface area contributed by atoms with Gasteiger partial charge < -0.3 is 5.32 Å². The molecular formula is C15H18BrN5. The Morgan fingerprint density at radius 2 is 2.05 bits per heavy atom. The summed E-state index contributed by atoms with van der Waals surface area (Å²) in [6.07, 6.45) is 9.98. The van der Waals surface area contributed by atoms with E-state index in [1.54, 1.807) is 18.6 Å². The first kappa shape index (κ1) is 14.4. The third-order valence-corrected chi connectivity index (χ3v) is 4.54. The second kappa shape index (κ2) is 6.47. The first-order valence-corrected chi connectivity index (χ1v) is 8.16. The molecular weight excluding hydrogens is 330 g/mol. The molecule has 1 aliphatic carbocycles. The molecule has 21 heavy (non-hydrogen) atoms. The van der Waals surface area contributed by atoms with E-state index in [2.05, 4.69) is 43.1 Å². The smallest absolute Gasteiger partial charge is 0.182 e. The van der Waals surface area contributed by atoms with Crippen LogP contribution in [0, 0.1) is 0 Å². The van der Waals surface area contributed by atoms with Crippen molar-refractivity contribution < 1.29 is 0 Å². The highest BCUT2D eigenvalue weighted by molar-refractivity contribution is 9.10. The fraction of sp³-hybridized carbons (Fsp3) is 0.467. The van der Waals surface area contributed by atoms with Gasteiger partial charge in [0.1, 0.15) is 11.5 Å². The molecule has 0 saturated heterocycles. The first-order chi connectivity index (χ1) is 10.3. The van der Waals surface area contributed by atoms with Crippen molar-refractivity contribution in [3.63, 3.8) is 0 Å². The summed E-state index contributed by atoms with van der Waals surface area (Å²) in [5.74, 6) is 1.99. The monoisotopic (exact) mass is 347 g/mol. The molecule has 3 rings (SSSR count).